The van der Waals surface area contributed by atoms with Crippen molar-refractivity contribution in [3.8, 4) is 5.75 Å². The van der Waals surface area contributed by atoms with E-state index >= 15 is 0 Å². The number of rotatable bonds is 0. The van der Waals surface area contributed by atoms with Gasteiger partial charge in [-0.15, -0.1) is 0 Å². The van der Waals surface area contributed by atoms with Crippen molar-refractivity contribution in [1.82, 2.24) is 4.98 Å². The minimum atomic E-state index is -0.0883. The Morgan fingerprint density at radius 2 is 1.71 bits per heavy atom. The number of aromatic hydroxyl groups is 1. The van der Waals surface area contributed by atoms with Gasteiger partial charge in [-0.2, -0.15) is 0 Å². The summed E-state index contributed by atoms with van der Waals surface area (Å²) in [6, 6.07) is 22.6. The van der Waals surface area contributed by atoms with Crippen molar-refractivity contribution in [2.75, 3.05) is 0 Å². The summed E-state index contributed by atoms with van der Waals surface area (Å²) in [5.74, 6) is 2.49. The van der Waals surface area contributed by atoms with E-state index in [1.54, 1.807) is 0 Å². The van der Waals surface area contributed by atoms with Crippen LogP contribution in [-0.4, -0.2) is 21.3 Å². The molecule has 5 atom stereocenters. The summed E-state index contributed by atoms with van der Waals surface area (Å²) in [6.45, 7) is 2.32. The first-order valence-electron chi connectivity index (χ1n) is 12.8. The standard InChI is InChI=1S/C18H24O2.C13H9N/c1-18-9-8-14-13-5-3-12(19)10-11(13)2-4-15(14)16(18)6-7-17(18)20;1-2-6-12-10(4-1)7-8-11-5-3-9-14-13(11)12/h3,5,10,14-17,19-20H,2,4,6-9H2,1H3;1-9H/t14-,15-,16+,17+,18+;/m1./s1. The van der Waals surface area contributed by atoms with Crippen LogP contribution in [0.2, 0.25) is 0 Å². The van der Waals surface area contributed by atoms with Crippen LogP contribution in [0, 0.1) is 17.3 Å². The van der Waals surface area contributed by atoms with Gasteiger partial charge in [0.25, 0.3) is 0 Å². The number of aryl methyl sites for hydroxylation is 1. The highest BCUT2D eigenvalue weighted by molar-refractivity contribution is 6.04. The van der Waals surface area contributed by atoms with E-state index in [0.717, 1.165) is 30.7 Å². The van der Waals surface area contributed by atoms with E-state index in [4.69, 9.17) is 0 Å². The molecule has 4 aromatic rings. The van der Waals surface area contributed by atoms with Crippen LogP contribution < -0.4 is 0 Å². The van der Waals surface area contributed by atoms with E-state index in [1.165, 1.54) is 46.5 Å². The number of hydrogen-bond donors (Lipinski definition) is 2. The predicted octanol–water partition coefficient (Wildman–Crippen LogP) is 7.00. The van der Waals surface area contributed by atoms with Crippen molar-refractivity contribution < 1.29 is 10.2 Å². The Morgan fingerprint density at radius 1 is 0.882 bits per heavy atom. The van der Waals surface area contributed by atoms with Crippen molar-refractivity contribution in [3.63, 3.8) is 0 Å². The van der Waals surface area contributed by atoms with Gasteiger partial charge in [-0.3, -0.25) is 4.98 Å². The van der Waals surface area contributed by atoms with Crippen LogP contribution in [-0.2, 0) is 6.42 Å². The third kappa shape index (κ3) is 3.49. The van der Waals surface area contributed by atoms with E-state index in [0.29, 0.717) is 17.6 Å². The smallest absolute Gasteiger partial charge is 0.115 e. The number of aliphatic hydroxyl groups excluding tert-OH is 1. The van der Waals surface area contributed by atoms with Crippen molar-refractivity contribution in [1.29, 1.82) is 0 Å². The van der Waals surface area contributed by atoms with Crippen molar-refractivity contribution in [3.05, 3.63) is 84.1 Å². The third-order valence-electron chi connectivity index (χ3n) is 9.16. The maximum Gasteiger partial charge on any atom is 0.115 e. The molecule has 3 heteroatoms. The second-order valence-electron chi connectivity index (χ2n) is 10.8. The Balaban J connectivity index is 0.000000136. The molecule has 2 fully saturated rings. The van der Waals surface area contributed by atoms with Crippen LogP contribution in [0.3, 0.4) is 0 Å². The summed E-state index contributed by atoms with van der Waals surface area (Å²) in [7, 11) is 0. The zero-order valence-corrected chi connectivity index (χ0v) is 19.8. The SMILES string of the molecule is C[C@]12CC[C@@H]3c4ccc(O)cc4CC[C@H]3[C@@H]1CC[C@@H]2O.c1ccc2c(c1)ccc1cccnc12. The number of fused-ring (bicyclic) bond motifs is 8. The number of phenolic OH excluding ortho intramolecular Hbond substituents is 1. The first-order chi connectivity index (χ1) is 16.5. The minimum absolute atomic E-state index is 0.0883. The van der Waals surface area contributed by atoms with Crippen molar-refractivity contribution in [2.45, 2.75) is 57.5 Å². The van der Waals surface area contributed by atoms with Gasteiger partial charge < -0.3 is 10.2 Å². The zero-order chi connectivity index (χ0) is 23.3. The van der Waals surface area contributed by atoms with Gasteiger partial charge in [0.1, 0.15) is 5.75 Å². The van der Waals surface area contributed by atoms with E-state index in [9.17, 15) is 10.2 Å². The lowest BCUT2D eigenvalue weighted by molar-refractivity contribution is -0.0226. The van der Waals surface area contributed by atoms with Gasteiger partial charge in [0.2, 0.25) is 0 Å². The molecule has 0 bridgehead atoms. The Bertz CT molecular complexity index is 1290. The maximum absolute atomic E-state index is 10.4. The fourth-order valence-corrected chi connectivity index (χ4v) is 7.36. The van der Waals surface area contributed by atoms with E-state index < -0.39 is 0 Å². The van der Waals surface area contributed by atoms with Crippen molar-refractivity contribution >= 4 is 21.7 Å². The molecule has 0 amide bonds. The number of pyridine rings is 1. The molecule has 7 rings (SSSR count). The molecular weight excluding hydrogens is 418 g/mol. The molecule has 2 saturated carbocycles. The van der Waals surface area contributed by atoms with Crippen LogP contribution in [0.15, 0.2) is 72.9 Å². The first-order valence-corrected chi connectivity index (χ1v) is 12.8. The number of phenols is 1. The summed E-state index contributed by atoms with van der Waals surface area (Å²) in [4.78, 5) is 4.41. The number of hydrogen-bond acceptors (Lipinski definition) is 3. The topological polar surface area (TPSA) is 53.4 Å². The van der Waals surface area contributed by atoms with Gasteiger partial charge in [-0.05, 0) is 96.4 Å². The Labute approximate surface area is 201 Å². The monoisotopic (exact) mass is 451 g/mol. The Morgan fingerprint density at radius 3 is 2.62 bits per heavy atom. The highest BCUT2D eigenvalue weighted by atomic mass is 16.3. The molecule has 0 unspecified atom stereocenters. The molecule has 3 nitrogen and oxygen atoms in total. The molecule has 174 valence electrons. The van der Waals surface area contributed by atoms with Crippen LogP contribution in [0.25, 0.3) is 21.7 Å². The predicted molar refractivity (Wildman–Crippen MR) is 138 cm³/mol. The average Bonchev–Trinajstić information content (AvgIpc) is 3.18. The molecule has 0 aliphatic heterocycles. The zero-order valence-electron chi connectivity index (χ0n) is 19.8. The van der Waals surface area contributed by atoms with Crippen LogP contribution >= 0.6 is 0 Å². The largest absolute Gasteiger partial charge is 0.508 e. The highest BCUT2D eigenvalue weighted by Gasteiger charge is 2.54. The lowest BCUT2D eigenvalue weighted by Crippen LogP contribution is -2.43. The average molecular weight is 452 g/mol. The van der Waals surface area contributed by atoms with Crippen LogP contribution in [0.1, 0.15) is 56.1 Å². The number of aromatic nitrogens is 1. The minimum Gasteiger partial charge on any atom is -0.508 e. The second-order valence-corrected chi connectivity index (χ2v) is 10.8. The van der Waals surface area contributed by atoms with Crippen LogP contribution in [0.5, 0.6) is 5.75 Å². The molecule has 2 N–H and O–H groups in total. The summed E-state index contributed by atoms with van der Waals surface area (Å²) >= 11 is 0. The van der Waals surface area contributed by atoms with Gasteiger partial charge >= 0.3 is 0 Å². The summed E-state index contributed by atoms with van der Waals surface area (Å²) in [5.41, 5.74) is 4.08. The maximum atomic E-state index is 10.4. The van der Waals surface area contributed by atoms with Gasteiger partial charge in [0.05, 0.1) is 11.6 Å². The highest BCUT2D eigenvalue weighted by Crippen LogP contribution is 2.60. The second kappa shape index (κ2) is 8.39. The number of nitrogens with zero attached hydrogens (tertiary/aromatic N) is 1. The lowest BCUT2D eigenvalue weighted by Gasteiger charge is -2.50. The summed E-state index contributed by atoms with van der Waals surface area (Å²) in [5, 5.41) is 23.7. The van der Waals surface area contributed by atoms with Crippen LogP contribution in [0.4, 0.5) is 0 Å². The normalized spacial score (nSPS) is 29.6. The molecule has 3 aliphatic rings. The molecule has 3 aliphatic carbocycles. The summed E-state index contributed by atoms with van der Waals surface area (Å²) in [6.07, 6.45) is 8.62. The first kappa shape index (κ1) is 21.6. The van der Waals surface area contributed by atoms with E-state index in [1.807, 2.05) is 24.4 Å². The quantitative estimate of drug-likeness (QED) is 0.283. The summed E-state index contributed by atoms with van der Waals surface area (Å²) < 4.78 is 0. The molecule has 3 aromatic carbocycles. The fraction of sp³-hybridized carbons (Fsp3) is 0.387. The van der Waals surface area contributed by atoms with E-state index in [-0.39, 0.29) is 11.5 Å². The Kier molecular flexibility index (Phi) is 5.33. The number of aliphatic hydroxyl groups is 1. The fourth-order valence-electron chi connectivity index (χ4n) is 7.36. The molecular formula is C31H33NO2. The van der Waals surface area contributed by atoms with Gasteiger partial charge in [0.15, 0.2) is 0 Å². The van der Waals surface area contributed by atoms with Gasteiger partial charge in [-0.1, -0.05) is 55.5 Å². The molecule has 0 spiro atoms. The molecule has 1 heterocycles. The molecule has 0 saturated heterocycles. The van der Waals surface area contributed by atoms with E-state index in [2.05, 4.69) is 60.4 Å². The van der Waals surface area contributed by atoms with Gasteiger partial charge in [-0.25, -0.2) is 0 Å². The third-order valence-corrected chi connectivity index (χ3v) is 9.16. The molecule has 1 aromatic heterocycles. The Hall–Kier alpha value is -2.91. The van der Waals surface area contributed by atoms with Crippen molar-refractivity contribution in [2.24, 2.45) is 17.3 Å². The number of benzene rings is 3. The molecule has 34 heavy (non-hydrogen) atoms. The van der Waals surface area contributed by atoms with Gasteiger partial charge in [0, 0.05) is 17.0 Å². The lowest BCUT2D eigenvalue weighted by atomic mass is 9.55. The molecule has 0 radical (unpaired) electrons.